The minimum atomic E-state index is -0.984. The van der Waals surface area contributed by atoms with Gasteiger partial charge in [-0.05, 0) is 47.1 Å². The molecule has 3 aromatic carbocycles. The van der Waals surface area contributed by atoms with Crippen molar-refractivity contribution in [2.75, 3.05) is 13.1 Å². The predicted molar refractivity (Wildman–Crippen MR) is 129 cm³/mol. The number of carbonyl (C=O) groups is 1. The fourth-order valence-electron chi connectivity index (χ4n) is 4.55. The maximum absolute atomic E-state index is 10.9. The maximum Gasteiger partial charge on any atom is 0.320 e. The predicted octanol–water partition coefficient (Wildman–Crippen LogP) is 4.37. The van der Waals surface area contributed by atoms with E-state index < -0.39 is 12.0 Å². The Morgan fingerprint density at radius 2 is 1.48 bits per heavy atom. The molecule has 0 aliphatic carbocycles. The number of hydrogen-bond donors (Lipinski definition) is 2. The van der Waals surface area contributed by atoms with Gasteiger partial charge in [-0.25, -0.2) is 0 Å². The molecule has 5 heteroatoms. The van der Waals surface area contributed by atoms with Crippen molar-refractivity contribution in [3.63, 3.8) is 0 Å². The number of hydrogen-bond acceptors (Lipinski definition) is 4. The molecule has 3 N–H and O–H groups in total. The zero-order valence-electron chi connectivity index (χ0n) is 18.7. The van der Waals surface area contributed by atoms with Crippen LogP contribution in [0.2, 0.25) is 0 Å². The first-order valence-electron chi connectivity index (χ1n) is 11.3. The number of carboxylic acid groups (broad SMARTS) is 1. The molecule has 5 nitrogen and oxygen atoms in total. The van der Waals surface area contributed by atoms with E-state index in [2.05, 4.69) is 47.4 Å². The number of piperidine rings is 1. The molecule has 4 rings (SSSR count). The van der Waals surface area contributed by atoms with Crippen molar-refractivity contribution in [3.05, 3.63) is 95.6 Å². The summed E-state index contributed by atoms with van der Waals surface area (Å²) in [7, 11) is 0. The molecule has 3 aromatic rings. The van der Waals surface area contributed by atoms with E-state index in [4.69, 9.17) is 10.8 Å². The van der Waals surface area contributed by atoms with Crippen LogP contribution in [0.1, 0.15) is 29.5 Å². The van der Waals surface area contributed by atoms with E-state index in [1.54, 1.807) is 0 Å². The van der Waals surface area contributed by atoms with Crippen LogP contribution in [0.5, 0.6) is 0 Å². The summed E-state index contributed by atoms with van der Waals surface area (Å²) < 4.78 is 0. The van der Waals surface area contributed by atoms with E-state index in [1.807, 2.05) is 42.5 Å². The number of aliphatic carboxylic acids is 1. The summed E-state index contributed by atoms with van der Waals surface area (Å²) in [5.74, 6) is -0.984. The van der Waals surface area contributed by atoms with Crippen molar-refractivity contribution >= 4 is 5.97 Å². The van der Waals surface area contributed by atoms with Crippen molar-refractivity contribution in [2.24, 2.45) is 5.73 Å². The molecule has 0 aromatic heterocycles. The average molecular weight is 440 g/mol. The first-order chi connectivity index (χ1) is 16.0. The first kappa shape index (κ1) is 22.7. The molecule has 0 bridgehead atoms. The normalized spacial score (nSPS) is 16.6. The minimum absolute atomic E-state index is 0.321. The molecule has 0 spiro atoms. The highest BCUT2D eigenvalue weighted by atomic mass is 16.4. The molecule has 0 radical (unpaired) electrons. The van der Waals surface area contributed by atoms with Gasteiger partial charge in [0.15, 0.2) is 0 Å². The van der Waals surface area contributed by atoms with Gasteiger partial charge in [0.25, 0.3) is 0 Å². The van der Waals surface area contributed by atoms with Gasteiger partial charge in [-0.1, -0.05) is 78.9 Å². The minimum Gasteiger partial charge on any atom is -0.480 e. The zero-order chi connectivity index (χ0) is 23.3. The van der Waals surface area contributed by atoms with Crippen LogP contribution in [-0.2, 0) is 23.2 Å². The molecular formula is C28H29N3O2. The van der Waals surface area contributed by atoms with Gasteiger partial charge < -0.3 is 10.8 Å². The average Bonchev–Trinajstić information content (AvgIpc) is 2.86. The van der Waals surface area contributed by atoms with Crippen molar-refractivity contribution in [3.8, 4) is 17.2 Å². The summed E-state index contributed by atoms with van der Waals surface area (Å²) in [5.41, 5.74) is 10.8. The fraction of sp³-hybridized carbons (Fsp3) is 0.286. The van der Waals surface area contributed by atoms with E-state index in [1.165, 1.54) is 5.56 Å². The Morgan fingerprint density at radius 3 is 2.00 bits per heavy atom. The number of nitrogens with two attached hydrogens (primary N) is 1. The lowest BCUT2D eigenvalue weighted by Crippen LogP contribution is -2.41. The summed E-state index contributed by atoms with van der Waals surface area (Å²) in [6.07, 6.45) is 2.02. The number of nitriles is 1. The molecule has 1 aliphatic rings. The molecule has 1 heterocycles. The second-order valence-corrected chi connectivity index (χ2v) is 8.88. The maximum atomic E-state index is 10.9. The Labute approximate surface area is 195 Å². The largest absolute Gasteiger partial charge is 0.480 e. The number of rotatable bonds is 7. The van der Waals surface area contributed by atoms with Gasteiger partial charge in [0.1, 0.15) is 6.04 Å². The molecule has 1 atom stereocenters. The first-order valence-corrected chi connectivity index (χ1v) is 11.3. The highest BCUT2D eigenvalue weighted by molar-refractivity contribution is 5.73. The van der Waals surface area contributed by atoms with Gasteiger partial charge >= 0.3 is 5.97 Å². The summed E-state index contributed by atoms with van der Waals surface area (Å²) in [5, 5.41) is 18.9. The number of carboxylic acids is 1. The van der Waals surface area contributed by atoms with Gasteiger partial charge in [-0.15, -0.1) is 0 Å². The fourth-order valence-corrected chi connectivity index (χ4v) is 4.55. The number of benzene rings is 3. The molecular weight excluding hydrogens is 410 g/mol. The molecule has 1 saturated heterocycles. The zero-order valence-corrected chi connectivity index (χ0v) is 18.7. The molecule has 168 valence electrons. The molecule has 0 saturated carbocycles. The summed E-state index contributed by atoms with van der Waals surface area (Å²) >= 11 is 0. The summed E-state index contributed by atoms with van der Waals surface area (Å²) in [6, 6.07) is 28.4. The Morgan fingerprint density at radius 1 is 0.939 bits per heavy atom. The van der Waals surface area contributed by atoms with E-state index in [-0.39, 0.29) is 5.41 Å². The van der Waals surface area contributed by atoms with Crippen molar-refractivity contribution in [1.29, 1.82) is 5.26 Å². The lowest BCUT2D eigenvalue weighted by molar-refractivity contribution is -0.138. The molecule has 0 amide bonds. The van der Waals surface area contributed by atoms with Crippen LogP contribution >= 0.6 is 0 Å². The Bertz CT molecular complexity index is 1110. The number of nitrogens with zero attached hydrogens (tertiary/aromatic N) is 2. The van der Waals surface area contributed by atoms with Crippen LogP contribution in [0.15, 0.2) is 78.9 Å². The molecule has 1 unspecified atom stereocenters. The van der Waals surface area contributed by atoms with Crippen molar-refractivity contribution in [1.82, 2.24) is 4.90 Å². The third-order valence-corrected chi connectivity index (χ3v) is 6.67. The number of likely N-dealkylation sites (tertiary alicyclic amines) is 1. The van der Waals surface area contributed by atoms with Crippen LogP contribution in [0.4, 0.5) is 0 Å². The van der Waals surface area contributed by atoms with Gasteiger partial charge in [0.05, 0.1) is 11.5 Å². The topological polar surface area (TPSA) is 90.4 Å². The monoisotopic (exact) mass is 439 g/mol. The van der Waals surface area contributed by atoms with Gasteiger partial charge in [0, 0.05) is 19.6 Å². The van der Waals surface area contributed by atoms with Crippen molar-refractivity contribution in [2.45, 2.75) is 37.3 Å². The van der Waals surface area contributed by atoms with Crippen LogP contribution < -0.4 is 5.73 Å². The van der Waals surface area contributed by atoms with E-state index >= 15 is 0 Å². The highest BCUT2D eigenvalue weighted by Gasteiger charge is 2.36. The third-order valence-electron chi connectivity index (χ3n) is 6.67. The van der Waals surface area contributed by atoms with Crippen LogP contribution in [0.3, 0.4) is 0 Å². The van der Waals surface area contributed by atoms with Gasteiger partial charge in [0.2, 0.25) is 0 Å². The quantitative estimate of drug-likeness (QED) is 0.571. The van der Waals surface area contributed by atoms with Crippen LogP contribution in [-0.4, -0.2) is 35.1 Å². The van der Waals surface area contributed by atoms with Crippen LogP contribution in [0, 0.1) is 11.3 Å². The third kappa shape index (κ3) is 5.31. The molecule has 33 heavy (non-hydrogen) atoms. The Hall–Kier alpha value is -3.46. The Balaban J connectivity index is 1.35. The smallest absolute Gasteiger partial charge is 0.320 e. The van der Waals surface area contributed by atoms with Crippen molar-refractivity contribution < 1.29 is 9.90 Å². The van der Waals surface area contributed by atoms with Gasteiger partial charge in [-0.3, -0.25) is 9.69 Å². The SMILES string of the molecule is N#CC1(c2ccccc2)CCN(Cc2ccc(-c3ccc(CC(N)C(=O)O)cc3)cc2)CC1. The second-order valence-electron chi connectivity index (χ2n) is 8.88. The standard InChI is InChI=1S/C28H29N3O2/c29-20-28(25-4-2-1-3-5-25)14-16-31(17-15-28)19-22-8-12-24(13-9-22)23-10-6-21(7-11-23)18-26(30)27(32)33/h1-13,26H,14-19,30H2,(H,32,33). The van der Waals surface area contributed by atoms with Gasteiger partial charge in [-0.2, -0.15) is 5.26 Å². The lowest BCUT2D eigenvalue weighted by Gasteiger charge is -2.37. The Kier molecular flexibility index (Phi) is 6.88. The van der Waals surface area contributed by atoms with Crippen LogP contribution in [0.25, 0.3) is 11.1 Å². The lowest BCUT2D eigenvalue weighted by atomic mass is 9.74. The highest BCUT2D eigenvalue weighted by Crippen LogP contribution is 2.35. The second kappa shape index (κ2) is 9.99. The van der Waals surface area contributed by atoms with E-state index in [9.17, 15) is 10.1 Å². The van der Waals surface area contributed by atoms with E-state index in [0.29, 0.717) is 6.42 Å². The van der Waals surface area contributed by atoms with E-state index in [0.717, 1.165) is 54.7 Å². The molecule has 1 aliphatic heterocycles. The summed E-state index contributed by atoms with van der Waals surface area (Å²) in [6.45, 7) is 2.69. The summed E-state index contributed by atoms with van der Waals surface area (Å²) in [4.78, 5) is 13.4. The molecule has 1 fully saturated rings.